The fourth-order valence-electron chi connectivity index (χ4n) is 2.55. The summed E-state index contributed by atoms with van der Waals surface area (Å²) in [6, 6.07) is 5.17. The molecule has 2 aliphatic heterocycles. The van der Waals surface area contributed by atoms with Crippen molar-refractivity contribution >= 4 is 0 Å². The second-order valence-electron chi connectivity index (χ2n) is 4.31. The Morgan fingerprint density at radius 1 is 1.14 bits per heavy atom. The van der Waals surface area contributed by atoms with E-state index in [-0.39, 0.29) is 5.82 Å². The molecule has 0 saturated carbocycles. The molecule has 2 heterocycles. The molecule has 0 fully saturated rings. The van der Waals surface area contributed by atoms with Crippen molar-refractivity contribution in [3.63, 3.8) is 0 Å². The van der Waals surface area contributed by atoms with Gasteiger partial charge in [-0.05, 0) is 37.6 Å². The van der Waals surface area contributed by atoms with E-state index in [4.69, 9.17) is 4.74 Å². The molecule has 0 saturated heterocycles. The van der Waals surface area contributed by atoms with E-state index in [0.29, 0.717) is 5.56 Å². The second kappa shape index (κ2) is 2.09. The summed E-state index contributed by atoms with van der Waals surface area (Å²) in [5.41, 5.74) is 0.675. The first kappa shape index (κ1) is 8.18. The molecule has 0 N–H and O–H groups in total. The molecular weight excluding hydrogens is 179 g/mol. The number of rotatable bonds is 0. The van der Waals surface area contributed by atoms with Crippen LogP contribution < -0.4 is 0 Å². The maximum Gasteiger partial charge on any atom is 0.130 e. The minimum atomic E-state index is -0.560. The van der Waals surface area contributed by atoms with Gasteiger partial charge in [-0.1, -0.05) is 12.1 Å². The third-order valence-corrected chi connectivity index (χ3v) is 3.19. The van der Waals surface area contributed by atoms with Crippen LogP contribution in [-0.2, 0) is 15.9 Å². The van der Waals surface area contributed by atoms with E-state index in [1.807, 2.05) is 32.1 Å². The predicted molar refractivity (Wildman–Crippen MR) is 51.3 cm³/mol. The summed E-state index contributed by atoms with van der Waals surface area (Å²) in [7, 11) is 0. The number of benzene rings is 1. The van der Waals surface area contributed by atoms with Gasteiger partial charge >= 0.3 is 0 Å². The van der Waals surface area contributed by atoms with Crippen LogP contribution in [0.15, 0.2) is 30.4 Å². The average Bonchev–Trinajstić information content (AvgIpc) is 2.54. The van der Waals surface area contributed by atoms with Crippen molar-refractivity contribution in [1.29, 1.82) is 0 Å². The molecule has 0 amide bonds. The van der Waals surface area contributed by atoms with Gasteiger partial charge in [-0.2, -0.15) is 0 Å². The molecule has 2 unspecified atom stereocenters. The Bertz CT molecular complexity index is 452. The summed E-state index contributed by atoms with van der Waals surface area (Å²) in [5.74, 6) is -0.168. The second-order valence-corrected chi connectivity index (χ2v) is 4.31. The summed E-state index contributed by atoms with van der Waals surface area (Å²) in [4.78, 5) is 0. The predicted octanol–water partition coefficient (Wildman–Crippen LogP) is 2.86. The lowest BCUT2D eigenvalue weighted by atomic mass is 9.83. The fourth-order valence-corrected chi connectivity index (χ4v) is 2.55. The van der Waals surface area contributed by atoms with Crippen LogP contribution >= 0.6 is 0 Å². The first-order valence-electron chi connectivity index (χ1n) is 4.75. The van der Waals surface area contributed by atoms with Gasteiger partial charge in [-0.3, -0.25) is 0 Å². The first-order valence-corrected chi connectivity index (χ1v) is 4.75. The third kappa shape index (κ3) is 0.735. The van der Waals surface area contributed by atoms with Gasteiger partial charge in [0.05, 0.1) is 0 Å². The topological polar surface area (TPSA) is 9.23 Å². The van der Waals surface area contributed by atoms with Gasteiger partial charge in [0.1, 0.15) is 17.0 Å². The normalized spacial score (nSPS) is 37.6. The standard InChI is InChI=1S/C12H11FO/c1-11-6-7-12(2,14-11)10-8(11)4-3-5-9(10)13/h3-7H,1-2H3. The van der Waals surface area contributed by atoms with Crippen LogP contribution in [0.3, 0.4) is 0 Å². The Labute approximate surface area is 82.2 Å². The molecule has 1 aromatic rings. The minimum Gasteiger partial charge on any atom is -0.351 e. The van der Waals surface area contributed by atoms with Crippen LogP contribution in [0.4, 0.5) is 4.39 Å². The largest absolute Gasteiger partial charge is 0.351 e. The highest BCUT2D eigenvalue weighted by Crippen LogP contribution is 2.54. The first-order chi connectivity index (χ1) is 6.55. The summed E-state index contributed by atoms with van der Waals surface area (Å²) in [6.07, 6.45) is 3.95. The number of hydrogen-bond acceptors (Lipinski definition) is 1. The molecular formula is C12H11FO. The SMILES string of the molecule is CC12C=CC(C)(O1)c1c(F)cccc12. The van der Waals surface area contributed by atoms with Crippen molar-refractivity contribution < 1.29 is 9.13 Å². The molecule has 0 aromatic heterocycles. The molecule has 0 radical (unpaired) electrons. The maximum absolute atomic E-state index is 13.6. The van der Waals surface area contributed by atoms with Crippen molar-refractivity contribution in [2.75, 3.05) is 0 Å². The monoisotopic (exact) mass is 190 g/mol. The van der Waals surface area contributed by atoms with E-state index in [1.165, 1.54) is 6.07 Å². The van der Waals surface area contributed by atoms with Crippen molar-refractivity contribution in [1.82, 2.24) is 0 Å². The Balaban J connectivity index is 2.38. The van der Waals surface area contributed by atoms with Gasteiger partial charge in [0.2, 0.25) is 0 Å². The van der Waals surface area contributed by atoms with Gasteiger partial charge in [-0.25, -0.2) is 4.39 Å². The van der Waals surface area contributed by atoms with E-state index < -0.39 is 11.2 Å². The van der Waals surface area contributed by atoms with E-state index in [2.05, 4.69) is 0 Å². The zero-order valence-electron chi connectivity index (χ0n) is 8.17. The van der Waals surface area contributed by atoms with E-state index in [9.17, 15) is 4.39 Å². The Kier molecular flexibility index (Phi) is 1.22. The van der Waals surface area contributed by atoms with Gasteiger partial charge in [0.25, 0.3) is 0 Å². The van der Waals surface area contributed by atoms with Crippen LogP contribution in [0.1, 0.15) is 25.0 Å². The van der Waals surface area contributed by atoms with Crippen LogP contribution in [0.5, 0.6) is 0 Å². The van der Waals surface area contributed by atoms with E-state index >= 15 is 0 Å². The highest BCUT2D eigenvalue weighted by atomic mass is 19.1. The number of halogens is 1. The summed E-state index contributed by atoms with van der Waals surface area (Å²) in [6.45, 7) is 3.88. The molecule has 0 spiro atoms. The van der Waals surface area contributed by atoms with Crippen LogP contribution in [0, 0.1) is 5.82 Å². The van der Waals surface area contributed by atoms with Crippen LogP contribution in [-0.4, -0.2) is 0 Å². The van der Waals surface area contributed by atoms with Crippen molar-refractivity contribution in [3.05, 3.63) is 47.3 Å². The van der Waals surface area contributed by atoms with Gasteiger partial charge in [0, 0.05) is 5.56 Å². The van der Waals surface area contributed by atoms with Crippen molar-refractivity contribution in [3.8, 4) is 0 Å². The number of ether oxygens (including phenoxy) is 1. The van der Waals surface area contributed by atoms with E-state index in [1.54, 1.807) is 6.07 Å². The van der Waals surface area contributed by atoms with Crippen LogP contribution in [0.25, 0.3) is 0 Å². The smallest absolute Gasteiger partial charge is 0.130 e. The molecule has 2 aliphatic rings. The summed E-state index contributed by atoms with van der Waals surface area (Å²) >= 11 is 0. The molecule has 1 nitrogen and oxygen atoms in total. The maximum atomic E-state index is 13.6. The lowest BCUT2D eigenvalue weighted by Gasteiger charge is -2.18. The molecule has 0 aliphatic carbocycles. The highest BCUT2D eigenvalue weighted by molar-refractivity contribution is 5.50. The van der Waals surface area contributed by atoms with Crippen molar-refractivity contribution in [2.45, 2.75) is 25.0 Å². The Morgan fingerprint density at radius 2 is 1.86 bits per heavy atom. The summed E-state index contributed by atoms with van der Waals surface area (Å²) < 4.78 is 19.5. The average molecular weight is 190 g/mol. The number of fused-ring (bicyclic) bond motifs is 5. The quantitative estimate of drug-likeness (QED) is 0.571. The van der Waals surface area contributed by atoms with Crippen LogP contribution in [0.2, 0.25) is 0 Å². The Morgan fingerprint density at radius 3 is 2.57 bits per heavy atom. The molecule has 1 aromatic carbocycles. The minimum absolute atomic E-state index is 0.168. The van der Waals surface area contributed by atoms with E-state index in [0.717, 1.165) is 5.56 Å². The zero-order chi connectivity index (χ0) is 9.97. The number of hydrogen-bond donors (Lipinski definition) is 0. The molecule has 2 atom stereocenters. The lowest BCUT2D eigenvalue weighted by Crippen LogP contribution is -2.17. The summed E-state index contributed by atoms with van der Waals surface area (Å²) in [5, 5.41) is 0. The molecule has 72 valence electrons. The van der Waals surface area contributed by atoms with Gasteiger partial charge in [-0.15, -0.1) is 0 Å². The van der Waals surface area contributed by atoms with Gasteiger partial charge < -0.3 is 4.74 Å². The molecule has 2 bridgehead atoms. The lowest BCUT2D eigenvalue weighted by molar-refractivity contribution is -0.0503. The fraction of sp³-hybridized carbons (Fsp3) is 0.333. The molecule has 2 heteroatoms. The third-order valence-electron chi connectivity index (χ3n) is 3.19. The van der Waals surface area contributed by atoms with Gasteiger partial charge in [0.15, 0.2) is 0 Å². The highest BCUT2D eigenvalue weighted by Gasteiger charge is 2.51. The Hall–Kier alpha value is -1.15. The molecule has 14 heavy (non-hydrogen) atoms. The van der Waals surface area contributed by atoms with Crippen molar-refractivity contribution in [2.24, 2.45) is 0 Å². The zero-order valence-corrected chi connectivity index (χ0v) is 8.17. The molecule has 3 rings (SSSR count).